The fourth-order valence-electron chi connectivity index (χ4n) is 7.86. The number of hydrogen-bond acceptors (Lipinski definition) is 11. The standard InChI is InChI=1S/C42H41FN8O6S/c43-29-17-19-31(35-34(29)41(55)50(42(35)56)30-18-20-32(52)47-40(30)54)58-22-7-2-1-6-12-33(53)49-21-8-9-26(23-49)51-39-36(38(44)45-24-46-39)37(48-51)25-13-15-28(16-14-25)57-27-10-4-3-5-11-27/h3-5,10-11,13-17,19,24,26,30H,1-2,6-9,12,18,20-23H2,(H2,44,45,46)(H,47,52,54). The number of nitrogens with two attached hydrogens (primary N) is 1. The van der Waals surface area contributed by atoms with Crippen molar-refractivity contribution in [1.29, 1.82) is 0 Å². The van der Waals surface area contributed by atoms with E-state index in [-0.39, 0.29) is 35.9 Å². The third-order valence-corrected chi connectivity index (χ3v) is 11.9. The molecule has 2 fully saturated rings. The number of amides is 5. The first-order chi connectivity index (χ1) is 28.2. The van der Waals surface area contributed by atoms with Crippen molar-refractivity contribution in [2.75, 3.05) is 24.6 Å². The monoisotopic (exact) mass is 804 g/mol. The average Bonchev–Trinajstić information content (AvgIpc) is 3.75. The summed E-state index contributed by atoms with van der Waals surface area (Å²) in [4.78, 5) is 76.0. The number of rotatable bonds is 13. The number of carbonyl (C=O) groups excluding carboxylic acids is 5. The Morgan fingerprint density at radius 2 is 1.66 bits per heavy atom. The van der Waals surface area contributed by atoms with E-state index in [2.05, 4.69) is 15.3 Å². The number of para-hydroxylation sites is 1. The molecular formula is C42H41FN8O6S. The van der Waals surface area contributed by atoms with Gasteiger partial charge in [-0.25, -0.2) is 19.0 Å². The van der Waals surface area contributed by atoms with Crippen LogP contribution in [0.4, 0.5) is 10.2 Å². The van der Waals surface area contributed by atoms with Gasteiger partial charge in [-0.3, -0.25) is 34.2 Å². The highest BCUT2D eigenvalue weighted by molar-refractivity contribution is 7.99. The van der Waals surface area contributed by atoms with Crippen molar-refractivity contribution in [2.24, 2.45) is 0 Å². The van der Waals surface area contributed by atoms with Crippen molar-refractivity contribution in [2.45, 2.75) is 74.8 Å². The Balaban J connectivity index is 0.836. The molecule has 5 amide bonds. The van der Waals surface area contributed by atoms with Crippen molar-refractivity contribution < 1.29 is 33.1 Å². The minimum absolute atomic E-state index is 0.00299. The summed E-state index contributed by atoms with van der Waals surface area (Å²) < 4.78 is 22.7. The number of nitrogen functional groups attached to an aromatic ring is 1. The number of thioether (sulfide) groups is 1. The van der Waals surface area contributed by atoms with Crippen LogP contribution in [0.3, 0.4) is 0 Å². The normalized spacial score (nSPS) is 18.2. The molecule has 0 aliphatic carbocycles. The molecule has 3 N–H and O–H groups in total. The zero-order valence-corrected chi connectivity index (χ0v) is 32.4. The second-order valence-corrected chi connectivity index (χ2v) is 15.7. The molecule has 16 heteroatoms. The maximum atomic E-state index is 14.8. The van der Waals surface area contributed by atoms with Gasteiger partial charge in [-0.05, 0) is 86.4 Å². The Morgan fingerprint density at radius 3 is 2.45 bits per heavy atom. The van der Waals surface area contributed by atoms with Gasteiger partial charge in [0.15, 0.2) is 5.65 Å². The molecule has 298 valence electrons. The predicted octanol–water partition coefficient (Wildman–Crippen LogP) is 6.31. The summed E-state index contributed by atoms with van der Waals surface area (Å²) in [5, 5.41) is 7.83. The number of ether oxygens (including phenoxy) is 1. The highest BCUT2D eigenvalue weighted by atomic mass is 32.2. The Kier molecular flexibility index (Phi) is 11.2. The van der Waals surface area contributed by atoms with Crippen LogP contribution in [0.25, 0.3) is 22.3 Å². The summed E-state index contributed by atoms with van der Waals surface area (Å²) >= 11 is 1.35. The molecule has 58 heavy (non-hydrogen) atoms. The number of halogens is 1. The van der Waals surface area contributed by atoms with Gasteiger partial charge in [-0.15, -0.1) is 11.8 Å². The van der Waals surface area contributed by atoms with Crippen LogP contribution in [0.15, 0.2) is 78.0 Å². The number of nitrogens with zero attached hydrogens (tertiary/aromatic N) is 6. The first kappa shape index (κ1) is 38.7. The molecule has 2 unspecified atom stereocenters. The summed E-state index contributed by atoms with van der Waals surface area (Å²) in [6.45, 7) is 1.17. The summed E-state index contributed by atoms with van der Waals surface area (Å²) in [7, 11) is 0. The number of nitrogens with one attached hydrogen (secondary N) is 1. The van der Waals surface area contributed by atoms with Gasteiger partial charge in [0.25, 0.3) is 11.8 Å². The van der Waals surface area contributed by atoms with Gasteiger partial charge in [0.05, 0.1) is 22.6 Å². The fraction of sp³-hybridized carbons (Fsp3) is 0.333. The number of fused-ring (bicyclic) bond motifs is 2. The third kappa shape index (κ3) is 7.75. The first-order valence-electron chi connectivity index (χ1n) is 19.4. The summed E-state index contributed by atoms with van der Waals surface area (Å²) in [6.07, 6.45) is 6.63. The maximum absolute atomic E-state index is 14.8. The zero-order chi connectivity index (χ0) is 40.3. The minimum atomic E-state index is -1.16. The molecule has 14 nitrogen and oxygen atoms in total. The zero-order valence-electron chi connectivity index (χ0n) is 31.6. The minimum Gasteiger partial charge on any atom is -0.457 e. The van der Waals surface area contributed by atoms with Gasteiger partial charge in [-0.2, -0.15) is 5.10 Å². The van der Waals surface area contributed by atoms with Crippen LogP contribution in [0, 0.1) is 5.82 Å². The fourth-order valence-corrected chi connectivity index (χ4v) is 8.92. The highest BCUT2D eigenvalue weighted by Gasteiger charge is 2.47. The number of likely N-dealkylation sites (tertiary alicyclic amines) is 1. The van der Waals surface area contributed by atoms with E-state index in [9.17, 15) is 28.4 Å². The van der Waals surface area contributed by atoms with Crippen molar-refractivity contribution in [3.63, 3.8) is 0 Å². The van der Waals surface area contributed by atoms with Gasteiger partial charge in [0.1, 0.15) is 41.2 Å². The quantitative estimate of drug-likeness (QED) is 0.0773. The number of piperidine rings is 2. The molecule has 0 spiro atoms. The molecular weight excluding hydrogens is 764 g/mol. The van der Waals surface area contributed by atoms with Crippen molar-refractivity contribution >= 4 is 58.1 Å². The molecule has 5 aromatic rings. The molecule has 3 aliphatic rings. The van der Waals surface area contributed by atoms with Crippen LogP contribution in [0.1, 0.15) is 84.5 Å². The van der Waals surface area contributed by atoms with E-state index in [4.69, 9.17) is 15.6 Å². The van der Waals surface area contributed by atoms with Gasteiger partial charge in [0.2, 0.25) is 17.7 Å². The summed E-state index contributed by atoms with van der Waals surface area (Å²) in [5.74, 6) is -1.18. The molecule has 0 radical (unpaired) electrons. The number of aromatic nitrogens is 4. The number of imide groups is 2. The van der Waals surface area contributed by atoms with Crippen LogP contribution in [-0.2, 0) is 14.4 Å². The van der Waals surface area contributed by atoms with Gasteiger partial charge >= 0.3 is 0 Å². The molecule has 2 saturated heterocycles. The highest BCUT2D eigenvalue weighted by Crippen LogP contribution is 2.37. The van der Waals surface area contributed by atoms with Crippen molar-refractivity contribution in [3.05, 3.63) is 90.0 Å². The van der Waals surface area contributed by atoms with Crippen LogP contribution < -0.4 is 15.8 Å². The number of benzene rings is 3. The maximum Gasteiger partial charge on any atom is 0.265 e. The Labute approximate surface area is 337 Å². The molecule has 2 aromatic heterocycles. The molecule has 8 rings (SSSR count). The Bertz CT molecular complexity index is 2410. The molecule has 2 atom stereocenters. The second-order valence-electron chi connectivity index (χ2n) is 14.6. The van der Waals surface area contributed by atoms with Gasteiger partial charge in [-0.1, -0.05) is 31.0 Å². The second kappa shape index (κ2) is 16.7. The van der Waals surface area contributed by atoms with Crippen LogP contribution in [0.5, 0.6) is 11.5 Å². The number of carbonyl (C=O) groups is 5. The molecule has 0 bridgehead atoms. The molecule has 0 saturated carbocycles. The summed E-state index contributed by atoms with van der Waals surface area (Å²) in [6, 6.07) is 18.6. The molecule has 3 aromatic carbocycles. The van der Waals surface area contributed by atoms with Crippen LogP contribution in [0.2, 0.25) is 0 Å². The van der Waals surface area contributed by atoms with E-state index in [0.29, 0.717) is 64.9 Å². The lowest BCUT2D eigenvalue weighted by molar-refractivity contribution is -0.136. The lowest BCUT2D eigenvalue weighted by atomic mass is 10.0. The van der Waals surface area contributed by atoms with E-state index in [1.165, 1.54) is 24.2 Å². The van der Waals surface area contributed by atoms with Crippen molar-refractivity contribution in [1.82, 2.24) is 34.9 Å². The summed E-state index contributed by atoms with van der Waals surface area (Å²) in [5.41, 5.74) is 8.15. The van der Waals surface area contributed by atoms with Gasteiger partial charge < -0.3 is 15.4 Å². The number of anilines is 1. The van der Waals surface area contributed by atoms with E-state index in [1.54, 1.807) is 0 Å². The van der Waals surface area contributed by atoms with E-state index < -0.39 is 35.5 Å². The third-order valence-electron chi connectivity index (χ3n) is 10.8. The van der Waals surface area contributed by atoms with Crippen LogP contribution in [-0.4, -0.2) is 84.0 Å². The predicted molar refractivity (Wildman–Crippen MR) is 213 cm³/mol. The van der Waals surface area contributed by atoms with E-state index in [0.717, 1.165) is 54.4 Å². The number of hydrogen-bond donors (Lipinski definition) is 2. The lowest BCUT2D eigenvalue weighted by Gasteiger charge is -2.33. The smallest absolute Gasteiger partial charge is 0.265 e. The first-order valence-corrected chi connectivity index (χ1v) is 20.4. The van der Waals surface area contributed by atoms with E-state index >= 15 is 0 Å². The largest absolute Gasteiger partial charge is 0.457 e. The Hall–Kier alpha value is -6.16. The average molecular weight is 805 g/mol. The van der Waals surface area contributed by atoms with Gasteiger partial charge in [0, 0.05) is 36.4 Å². The Morgan fingerprint density at radius 1 is 0.897 bits per heavy atom. The topological polar surface area (TPSA) is 183 Å². The SMILES string of the molecule is Nc1ncnc2c1c(-c1ccc(Oc3ccccc3)cc1)nn2C1CCCN(C(=O)CCCCCCSc2ccc(F)c3c2C(=O)N(C2CCC(=O)NC2=O)C3=O)C1. The van der Waals surface area contributed by atoms with Crippen LogP contribution >= 0.6 is 11.8 Å². The molecule has 5 heterocycles. The number of unbranched alkanes of at least 4 members (excludes halogenated alkanes) is 3. The molecule has 3 aliphatic heterocycles. The van der Waals surface area contributed by atoms with Crippen molar-refractivity contribution in [3.8, 4) is 22.8 Å². The van der Waals surface area contributed by atoms with E-state index in [1.807, 2.05) is 64.2 Å². The lowest BCUT2D eigenvalue weighted by Crippen LogP contribution is -2.54.